The zero-order valence-corrected chi connectivity index (χ0v) is 17.6. The smallest absolute Gasteiger partial charge is 0.335 e. The number of furan rings is 1. The van der Waals surface area contributed by atoms with Crippen molar-refractivity contribution in [3.8, 4) is 11.3 Å². The van der Waals surface area contributed by atoms with Crippen LogP contribution in [0.5, 0.6) is 0 Å². The second-order valence-electron chi connectivity index (χ2n) is 6.39. The number of hydrogen-bond acceptors (Lipinski definition) is 4. The van der Waals surface area contributed by atoms with Crippen molar-refractivity contribution in [2.24, 2.45) is 0 Å². The van der Waals surface area contributed by atoms with E-state index in [4.69, 9.17) is 39.2 Å². The number of carbonyl (C=O) groups excluding carboxylic acids is 3. The summed E-state index contributed by atoms with van der Waals surface area (Å²) >= 11 is 17.6. The summed E-state index contributed by atoms with van der Waals surface area (Å²) in [7, 11) is 0. The van der Waals surface area contributed by atoms with Crippen molar-refractivity contribution in [3.05, 3.63) is 80.7 Å². The van der Waals surface area contributed by atoms with Gasteiger partial charge in [0.2, 0.25) is 0 Å². The molecule has 1 saturated heterocycles. The molecule has 1 aromatic heterocycles. The van der Waals surface area contributed by atoms with E-state index in [2.05, 4.69) is 5.32 Å². The highest BCUT2D eigenvalue weighted by Crippen LogP contribution is 2.30. The summed E-state index contributed by atoms with van der Waals surface area (Å²) in [6.45, 7) is 0. The molecule has 156 valence electrons. The van der Waals surface area contributed by atoms with E-state index >= 15 is 0 Å². The standard InChI is InChI=1S/C21H10Cl3FN2O4/c22-14-4-2-11(8-15(14)23)27-20(29)13(19(28)26-21(27)30)9-12-3-6-18(31-12)10-1-5-17(25)16(24)7-10/h1-9H,(H,26,28,30)/b13-9-. The third-order valence-corrected chi connectivity index (χ3v) is 5.41. The molecule has 31 heavy (non-hydrogen) atoms. The van der Waals surface area contributed by atoms with Gasteiger partial charge < -0.3 is 4.42 Å². The zero-order valence-electron chi connectivity index (χ0n) is 15.3. The first-order valence-electron chi connectivity index (χ1n) is 8.66. The highest BCUT2D eigenvalue weighted by Gasteiger charge is 2.37. The summed E-state index contributed by atoms with van der Waals surface area (Å²) in [6, 6.07) is 10.4. The average Bonchev–Trinajstić information content (AvgIpc) is 3.18. The quantitative estimate of drug-likeness (QED) is 0.385. The Hall–Kier alpha value is -3.13. The van der Waals surface area contributed by atoms with Crippen LogP contribution in [0, 0.1) is 5.82 Å². The molecule has 3 aromatic rings. The van der Waals surface area contributed by atoms with Crippen molar-refractivity contribution in [2.45, 2.75) is 0 Å². The Morgan fingerprint density at radius 2 is 1.68 bits per heavy atom. The average molecular weight is 480 g/mol. The second kappa shape index (κ2) is 8.19. The predicted molar refractivity (Wildman–Crippen MR) is 115 cm³/mol. The Morgan fingerprint density at radius 3 is 2.39 bits per heavy atom. The normalized spacial score (nSPS) is 15.5. The molecule has 0 bridgehead atoms. The number of anilines is 1. The van der Waals surface area contributed by atoms with Gasteiger partial charge in [0.25, 0.3) is 11.8 Å². The molecular weight excluding hydrogens is 470 g/mol. The van der Waals surface area contributed by atoms with Gasteiger partial charge in [-0.2, -0.15) is 0 Å². The molecular formula is C21H10Cl3FN2O4. The fourth-order valence-corrected chi connectivity index (χ4v) is 3.37. The maximum absolute atomic E-state index is 13.4. The summed E-state index contributed by atoms with van der Waals surface area (Å²) in [4.78, 5) is 38.2. The minimum absolute atomic E-state index is 0.0774. The number of halogens is 4. The molecule has 4 amide bonds. The van der Waals surface area contributed by atoms with E-state index < -0.39 is 23.7 Å². The van der Waals surface area contributed by atoms with Crippen LogP contribution in [-0.4, -0.2) is 17.8 Å². The fourth-order valence-electron chi connectivity index (χ4n) is 2.89. The fraction of sp³-hybridized carbons (Fsp3) is 0. The van der Waals surface area contributed by atoms with Crippen molar-refractivity contribution >= 4 is 64.4 Å². The summed E-state index contributed by atoms with van der Waals surface area (Å²) in [5.41, 5.74) is 0.309. The monoisotopic (exact) mass is 478 g/mol. The number of nitrogens with zero attached hydrogens (tertiary/aromatic N) is 1. The Balaban J connectivity index is 1.68. The molecule has 10 heteroatoms. The number of urea groups is 1. The lowest BCUT2D eigenvalue weighted by Gasteiger charge is -2.26. The number of barbiturate groups is 1. The molecule has 2 aromatic carbocycles. The lowest BCUT2D eigenvalue weighted by atomic mass is 10.1. The van der Waals surface area contributed by atoms with Gasteiger partial charge in [-0.05, 0) is 54.6 Å². The van der Waals surface area contributed by atoms with Crippen LogP contribution in [0.3, 0.4) is 0 Å². The van der Waals surface area contributed by atoms with Gasteiger partial charge >= 0.3 is 6.03 Å². The van der Waals surface area contributed by atoms with Crippen LogP contribution in [0.15, 0.2) is 58.5 Å². The van der Waals surface area contributed by atoms with E-state index in [0.717, 1.165) is 4.90 Å². The van der Waals surface area contributed by atoms with Crippen molar-refractivity contribution in [3.63, 3.8) is 0 Å². The SMILES string of the molecule is O=C1NC(=O)N(c2ccc(Cl)c(Cl)c2)C(=O)/C1=C\c1ccc(-c2ccc(F)c(Cl)c2)o1. The van der Waals surface area contributed by atoms with Crippen LogP contribution in [0.4, 0.5) is 14.9 Å². The van der Waals surface area contributed by atoms with Gasteiger partial charge in [0.05, 0.1) is 20.8 Å². The largest absolute Gasteiger partial charge is 0.457 e. The van der Waals surface area contributed by atoms with Gasteiger partial charge in [0, 0.05) is 5.56 Å². The van der Waals surface area contributed by atoms with Gasteiger partial charge in [0.15, 0.2) is 0 Å². The highest BCUT2D eigenvalue weighted by atomic mass is 35.5. The number of nitrogens with one attached hydrogen (secondary N) is 1. The highest BCUT2D eigenvalue weighted by molar-refractivity contribution is 6.43. The second-order valence-corrected chi connectivity index (χ2v) is 7.61. The molecule has 1 N–H and O–H groups in total. The minimum Gasteiger partial charge on any atom is -0.457 e. The van der Waals surface area contributed by atoms with Crippen LogP contribution in [0.25, 0.3) is 17.4 Å². The van der Waals surface area contributed by atoms with Crippen molar-refractivity contribution in [1.29, 1.82) is 0 Å². The number of rotatable bonds is 3. The first kappa shape index (κ1) is 21.1. The third kappa shape index (κ3) is 4.07. The van der Waals surface area contributed by atoms with E-state index in [1.54, 1.807) is 6.07 Å². The van der Waals surface area contributed by atoms with Gasteiger partial charge in [0.1, 0.15) is 22.9 Å². The predicted octanol–water partition coefficient (Wildman–Crippen LogP) is 5.71. The van der Waals surface area contributed by atoms with E-state index in [9.17, 15) is 18.8 Å². The number of amides is 4. The molecule has 0 aliphatic carbocycles. The Morgan fingerprint density at radius 1 is 0.903 bits per heavy atom. The van der Waals surface area contributed by atoms with Crippen molar-refractivity contribution in [1.82, 2.24) is 5.32 Å². The summed E-state index contributed by atoms with van der Waals surface area (Å²) in [6.07, 6.45) is 1.20. The first-order chi connectivity index (χ1) is 14.7. The molecule has 1 fully saturated rings. The van der Waals surface area contributed by atoms with Crippen molar-refractivity contribution in [2.75, 3.05) is 4.90 Å². The molecule has 0 atom stereocenters. The summed E-state index contributed by atoms with van der Waals surface area (Å²) in [5, 5.41) is 2.40. The topological polar surface area (TPSA) is 79.6 Å². The summed E-state index contributed by atoms with van der Waals surface area (Å²) < 4.78 is 19.0. The van der Waals surface area contributed by atoms with Gasteiger partial charge in [-0.3, -0.25) is 14.9 Å². The summed E-state index contributed by atoms with van der Waals surface area (Å²) in [5.74, 6) is -1.81. The molecule has 1 aliphatic heterocycles. The Labute approximate surface area is 189 Å². The van der Waals surface area contributed by atoms with Gasteiger partial charge in [-0.25, -0.2) is 14.1 Å². The molecule has 0 unspecified atom stereocenters. The molecule has 0 spiro atoms. The first-order valence-corrected chi connectivity index (χ1v) is 9.80. The number of hydrogen-bond donors (Lipinski definition) is 1. The van der Waals surface area contributed by atoms with E-state index in [0.29, 0.717) is 11.3 Å². The number of carbonyl (C=O) groups is 3. The van der Waals surface area contributed by atoms with Crippen LogP contribution in [-0.2, 0) is 9.59 Å². The maximum atomic E-state index is 13.4. The maximum Gasteiger partial charge on any atom is 0.335 e. The lowest BCUT2D eigenvalue weighted by Crippen LogP contribution is -2.54. The molecule has 0 radical (unpaired) electrons. The third-order valence-electron chi connectivity index (χ3n) is 4.38. The number of benzene rings is 2. The Kier molecular flexibility index (Phi) is 5.58. The lowest BCUT2D eigenvalue weighted by molar-refractivity contribution is -0.122. The Bertz CT molecular complexity index is 1290. The van der Waals surface area contributed by atoms with Crippen LogP contribution in [0.1, 0.15) is 5.76 Å². The molecule has 0 saturated carbocycles. The van der Waals surface area contributed by atoms with E-state index in [-0.39, 0.29) is 32.1 Å². The van der Waals surface area contributed by atoms with Crippen LogP contribution in [0.2, 0.25) is 15.1 Å². The van der Waals surface area contributed by atoms with Crippen LogP contribution >= 0.6 is 34.8 Å². The molecule has 6 nitrogen and oxygen atoms in total. The van der Waals surface area contributed by atoms with Crippen molar-refractivity contribution < 1.29 is 23.2 Å². The van der Waals surface area contributed by atoms with Gasteiger partial charge in [-0.1, -0.05) is 34.8 Å². The number of imide groups is 2. The van der Waals surface area contributed by atoms with Crippen LogP contribution < -0.4 is 10.2 Å². The molecule has 4 rings (SSSR count). The van der Waals surface area contributed by atoms with Gasteiger partial charge in [-0.15, -0.1) is 0 Å². The molecule has 1 aliphatic rings. The zero-order chi connectivity index (χ0) is 22.3. The molecule has 2 heterocycles. The van der Waals surface area contributed by atoms with E-state index in [1.165, 1.54) is 48.5 Å². The minimum atomic E-state index is -0.924. The van der Waals surface area contributed by atoms with E-state index in [1.807, 2.05) is 0 Å².